The van der Waals surface area contributed by atoms with Gasteiger partial charge in [-0.2, -0.15) is 14.6 Å². The van der Waals surface area contributed by atoms with E-state index in [1.165, 1.54) is 5.56 Å². The number of benzene rings is 2. The Morgan fingerprint density at radius 1 is 0.960 bits per heavy atom. The van der Waals surface area contributed by atoms with Crippen molar-refractivity contribution in [2.24, 2.45) is 0 Å². The molecule has 0 unspecified atom stereocenters. The number of anilines is 1. The maximum Gasteiger partial charge on any atom is 0.254 e. The molecule has 0 radical (unpaired) electrons. The van der Waals surface area contributed by atoms with Crippen molar-refractivity contribution in [2.45, 2.75) is 18.4 Å². The lowest BCUT2D eigenvalue weighted by Crippen LogP contribution is -2.10. The zero-order chi connectivity index (χ0) is 16.6. The van der Waals surface area contributed by atoms with Gasteiger partial charge in [-0.25, -0.2) is 4.98 Å². The highest BCUT2D eigenvalue weighted by atomic mass is 15.4. The molecule has 1 saturated carbocycles. The second kappa shape index (κ2) is 5.70. The van der Waals surface area contributed by atoms with E-state index >= 15 is 0 Å². The minimum Gasteiger partial charge on any atom is -0.366 e. The lowest BCUT2D eigenvalue weighted by molar-refractivity contribution is 0.917. The topological polar surface area (TPSA) is 55.1 Å². The molecule has 1 N–H and O–H groups in total. The number of rotatable bonds is 4. The summed E-state index contributed by atoms with van der Waals surface area (Å²) >= 11 is 0. The Bertz CT molecular complexity index is 1010. The van der Waals surface area contributed by atoms with E-state index in [1.807, 2.05) is 18.2 Å². The van der Waals surface area contributed by atoms with Crippen molar-refractivity contribution in [3.05, 3.63) is 78.6 Å². The van der Waals surface area contributed by atoms with Gasteiger partial charge < -0.3 is 5.32 Å². The molecule has 25 heavy (non-hydrogen) atoms. The number of nitrogens with one attached hydrogen (secondary N) is 1. The molecule has 0 spiro atoms. The average Bonchev–Trinajstić information content (AvgIpc) is 3.27. The van der Waals surface area contributed by atoms with Gasteiger partial charge in [0.1, 0.15) is 12.1 Å². The quantitative estimate of drug-likeness (QED) is 0.620. The minimum absolute atomic E-state index is 0.417. The van der Waals surface area contributed by atoms with E-state index in [0.717, 1.165) is 23.5 Å². The van der Waals surface area contributed by atoms with E-state index in [1.54, 1.807) is 10.8 Å². The van der Waals surface area contributed by atoms with E-state index in [-0.39, 0.29) is 0 Å². The van der Waals surface area contributed by atoms with Crippen molar-refractivity contribution in [2.75, 3.05) is 5.32 Å². The lowest BCUT2D eigenvalue weighted by Gasteiger charge is -2.10. The number of aromatic nitrogens is 4. The Hall–Kier alpha value is -3.21. The van der Waals surface area contributed by atoms with Crippen LogP contribution >= 0.6 is 0 Å². The zero-order valence-corrected chi connectivity index (χ0v) is 13.6. The monoisotopic (exact) mass is 327 g/mol. The summed E-state index contributed by atoms with van der Waals surface area (Å²) in [5.41, 5.74) is 3.36. The predicted molar refractivity (Wildman–Crippen MR) is 97.4 cm³/mol. The van der Waals surface area contributed by atoms with Crippen molar-refractivity contribution in [1.29, 1.82) is 0 Å². The molecule has 122 valence electrons. The summed E-state index contributed by atoms with van der Waals surface area (Å²) in [5, 5.41) is 7.94. The van der Waals surface area contributed by atoms with Crippen LogP contribution in [0, 0.1) is 0 Å². The molecule has 0 amide bonds. The molecule has 0 bridgehead atoms. The molecule has 5 heteroatoms. The summed E-state index contributed by atoms with van der Waals surface area (Å²) in [6, 6.07) is 23.3. The van der Waals surface area contributed by atoms with Gasteiger partial charge in [-0.1, -0.05) is 60.7 Å². The Morgan fingerprint density at radius 2 is 1.72 bits per heavy atom. The first-order valence-corrected chi connectivity index (χ1v) is 8.46. The highest BCUT2D eigenvalue weighted by Gasteiger charge is 2.38. The Balaban J connectivity index is 1.48. The Kier molecular flexibility index (Phi) is 3.23. The Labute approximate surface area is 145 Å². The molecule has 5 rings (SSSR count). The van der Waals surface area contributed by atoms with Crippen LogP contribution in [0.15, 0.2) is 73.1 Å². The van der Waals surface area contributed by atoms with Gasteiger partial charge in [-0.3, -0.25) is 0 Å². The predicted octanol–water partition coefficient (Wildman–Crippen LogP) is 3.76. The number of hydrogen-bond acceptors (Lipinski definition) is 4. The summed E-state index contributed by atoms with van der Waals surface area (Å²) in [5.74, 6) is 2.10. The lowest BCUT2D eigenvalue weighted by atomic mass is 10.1. The van der Waals surface area contributed by atoms with E-state index in [9.17, 15) is 0 Å². The first kappa shape index (κ1) is 14.2. The van der Waals surface area contributed by atoms with Crippen LogP contribution in [0.3, 0.4) is 0 Å². The standard InChI is InChI=1S/C20H17N5/c1-3-7-14(8-4-1)16-11-18(16)23-19-12-17(15-9-5-2-6-10-15)24-20-21-13-22-25(19)20/h1-10,12-13,16,18,23H,11H2/t16-,18+/m1/s1. The maximum atomic E-state index is 4.62. The first-order chi connectivity index (χ1) is 12.4. The van der Waals surface area contributed by atoms with Gasteiger partial charge in [0.05, 0.1) is 5.69 Å². The summed E-state index contributed by atoms with van der Waals surface area (Å²) in [4.78, 5) is 8.89. The molecule has 1 aliphatic carbocycles. The molecule has 0 aliphatic heterocycles. The number of fused-ring (bicyclic) bond motifs is 1. The van der Waals surface area contributed by atoms with Gasteiger partial charge in [0.25, 0.3) is 5.78 Å². The zero-order valence-electron chi connectivity index (χ0n) is 13.6. The SMILES string of the molecule is c1ccc(-c2cc(N[C@H]3C[C@@H]3c3ccccc3)n3ncnc3n2)cc1. The van der Waals surface area contributed by atoms with Crippen LogP contribution in [0.5, 0.6) is 0 Å². The third-order valence-corrected chi connectivity index (χ3v) is 4.67. The molecule has 2 aromatic heterocycles. The van der Waals surface area contributed by atoms with Gasteiger partial charge in [-0.05, 0) is 12.0 Å². The largest absolute Gasteiger partial charge is 0.366 e. The molecule has 2 atom stereocenters. The molecular formula is C20H17N5. The third-order valence-electron chi connectivity index (χ3n) is 4.67. The third kappa shape index (κ3) is 2.63. The van der Waals surface area contributed by atoms with Crippen LogP contribution in [0.4, 0.5) is 5.82 Å². The summed E-state index contributed by atoms with van der Waals surface area (Å²) in [7, 11) is 0. The van der Waals surface area contributed by atoms with E-state index < -0.39 is 0 Å². The fraction of sp³-hybridized carbons (Fsp3) is 0.150. The molecule has 4 aromatic rings. The molecule has 5 nitrogen and oxygen atoms in total. The van der Waals surface area contributed by atoms with Crippen LogP contribution in [0.2, 0.25) is 0 Å². The van der Waals surface area contributed by atoms with E-state index in [0.29, 0.717) is 17.7 Å². The summed E-state index contributed by atoms with van der Waals surface area (Å²) < 4.78 is 1.77. The second-order valence-electron chi connectivity index (χ2n) is 6.37. The van der Waals surface area contributed by atoms with Crippen LogP contribution in [-0.2, 0) is 0 Å². The van der Waals surface area contributed by atoms with E-state index in [4.69, 9.17) is 0 Å². The molecule has 1 aliphatic rings. The highest BCUT2D eigenvalue weighted by Crippen LogP contribution is 2.42. The summed E-state index contributed by atoms with van der Waals surface area (Å²) in [6.45, 7) is 0. The van der Waals surface area contributed by atoms with Crippen molar-refractivity contribution >= 4 is 11.6 Å². The molecule has 2 aromatic carbocycles. The van der Waals surface area contributed by atoms with E-state index in [2.05, 4.69) is 68.9 Å². The van der Waals surface area contributed by atoms with Crippen LogP contribution in [0.25, 0.3) is 17.0 Å². The molecule has 1 fully saturated rings. The van der Waals surface area contributed by atoms with Crippen molar-refractivity contribution in [1.82, 2.24) is 19.6 Å². The molecular weight excluding hydrogens is 310 g/mol. The van der Waals surface area contributed by atoms with Crippen LogP contribution in [0.1, 0.15) is 17.9 Å². The minimum atomic E-state index is 0.417. The molecule has 2 heterocycles. The van der Waals surface area contributed by atoms with Gasteiger partial charge in [0.15, 0.2) is 0 Å². The smallest absolute Gasteiger partial charge is 0.254 e. The maximum absolute atomic E-state index is 4.62. The van der Waals surface area contributed by atoms with Gasteiger partial charge in [0.2, 0.25) is 0 Å². The summed E-state index contributed by atoms with van der Waals surface area (Å²) in [6.07, 6.45) is 2.67. The number of nitrogens with zero attached hydrogens (tertiary/aromatic N) is 4. The van der Waals surface area contributed by atoms with Gasteiger partial charge in [-0.15, -0.1) is 0 Å². The van der Waals surface area contributed by atoms with Gasteiger partial charge in [0, 0.05) is 23.6 Å². The average molecular weight is 327 g/mol. The van der Waals surface area contributed by atoms with Crippen molar-refractivity contribution < 1.29 is 0 Å². The molecule has 0 saturated heterocycles. The second-order valence-corrected chi connectivity index (χ2v) is 6.37. The first-order valence-electron chi connectivity index (χ1n) is 8.46. The fourth-order valence-corrected chi connectivity index (χ4v) is 3.28. The number of hydrogen-bond donors (Lipinski definition) is 1. The van der Waals surface area contributed by atoms with Crippen LogP contribution in [-0.4, -0.2) is 25.6 Å². The fourth-order valence-electron chi connectivity index (χ4n) is 3.28. The van der Waals surface area contributed by atoms with Crippen molar-refractivity contribution in [3.63, 3.8) is 0 Å². The Morgan fingerprint density at radius 3 is 2.52 bits per heavy atom. The van der Waals surface area contributed by atoms with Crippen LogP contribution < -0.4 is 5.32 Å². The highest BCUT2D eigenvalue weighted by molar-refractivity contribution is 5.65. The van der Waals surface area contributed by atoms with Crippen molar-refractivity contribution in [3.8, 4) is 11.3 Å². The normalized spacial score (nSPS) is 19.0. The van der Waals surface area contributed by atoms with Gasteiger partial charge >= 0.3 is 0 Å².